The Balaban J connectivity index is 1.62. The van der Waals surface area contributed by atoms with Crippen LogP contribution in [-0.2, 0) is 13.0 Å². The molecule has 0 saturated carbocycles. The van der Waals surface area contributed by atoms with Crippen molar-refractivity contribution in [2.75, 3.05) is 19.6 Å². The molecule has 6 heteroatoms. The zero-order chi connectivity index (χ0) is 26.2. The number of carbonyl (C=O) groups is 1. The molecule has 0 aliphatic rings. The summed E-state index contributed by atoms with van der Waals surface area (Å²) in [5, 5.41) is 0. The van der Waals surface area contributed by atoms with Gasteiger partial charge in [0.2, 0.25) is 0 Å². The van der Waals surface area contributed by atoms with Crippen LogP contribution in [0.1, 0.15) is 40.5 Å². The van der Waals surface area contributed by atoms with Crippen molar-refractivity contribution in [2.45, 2.75) is 33.2 Å². The maximum absolute atomic E-state index is 13.4. The highest BCUT2D eigenvalue weighted by atomic mass is 16.4. The number of oxazole rings is 1. The van der Waals surface area contributed by atoms with E-state index in [0.29, 0.717) is 43.9 Å². The number of amides is 1. The number of hydrogen-bond donors (Lipinski definition) is 1. The second-order valence-corrected chi connectivity index (χ2v) is 9.65. The lowest BCUT2D eigenvalue weighted by atomic mass is 10.00. The maximum atomic E-state index is 13.4. The van der Waals surface area contributed by atoms with E-state index in [1.165, 1.54) is 0 Å². The molecule has 37 heavy (non-hydrogen) atoms. The molecular weight excluding hydrogens is 462 g/mol. The number of nitrogens with two attached hydrogens (primary N) is 1. The zero-order valence-corrected chi connectivity index (χ0v) is 21.6. The lowest BCUT2D eigenvalue weighted by Gasteiger charge is -2.26. The smallest absolute Gasteiger partial charge is 0.407 e. The van der Waals surface area contributed by atoms with E-state index in [1.54, 1.807) is 4.57 Å². The van der Waals surface area contributed by atoms with Gasteiger partial charge in [-0.15, -0.1) is 0 Å². The van der Waals surface area contributed by atoms with Crippen LogP contribution in [-0.4, -0.2) is 35.0 Å². The molecule has 4 aromatic rings. The molecule has 0 spiro atoms. The first-order chi connectivity index (χ1) is 18.0. The SMILES string of the molecule is Cc1ccc(C(=O)N(CCCN)CC(C)Cc2c(-c3ccccc3)oc(=O)n2Cc2ccccc2)cc1. The Hall–Kier alpha value is -3.90. The van der Waals surface area contributed by atoms with Gasteiger partial charge in [-0.1, -0.05) is 85.3 Å². The number of aromatic nitrogens is 1. The highest BCUT2D eigenvalue weighted by Gasteiger charge is 2.23. The van der Waals surface area contributed by atoms with E-state index in [4.69, 9.17) is 10.2 Å². The van der Waals surface area contributed by atoms with E-state index in [9.17, 15) is 9.59 Å². The number of carbonyl (C=O) groups excluding carboxylic acids is 1. The molecule has 1 aromatic heterocycles. The van der Waals surface area contributed by atoms with Crippen molar-refractivity contribution in [3.8, 4) is 11.3 Å². The fraction of sp³-hybridized carbons (Fsp3) is 0.290. The predicted octanol–water partition coefficient (Wildman–Crippen LogP) is 5.13. The Morgan fingerprint density at radius 2 is 1.62 bits per heavy atom. The summed E-state index contributed by atoms with van der Waals surface area (Å²) in [6.07, 6.45) is 1.31. The van der Waals surface area contributed by atoms with Crippen LogP contribution >= 0.6 is 0 Å². The molecule has 4 rings (SSSR count). The van der Waals surface area contributed by atoms with Gasteiger partial charge in [0.15, 0.2) is 5.76 Å². The molecule has 0 bridgehead atoms. The molecule has 3 aromatic carbocycles. The Labute approximate surface area is 218 Å². The summed E-state index contributed by atoms with van der Waals surface area (Å²) in [5.74, 6) is 0.290. The van der Waals surface area contributed by atoms with Gasteiger partial charge < -0.3 is 15.1 Å². The van der Waals surface area contributed by atoms with E-state index in [-0.39, 0.29) is 17.6 Å². The van der Waals surface area contributed by atoms with Crippen LogP contribution in [0.15, 0.2) is 94.1 Å². The Morgan fingerprint density at radius 3 is 2.27 bits per heavy atom. The average Bonchev–Trinajstić information content (AvgIpc) is 3.22. The number of rotatable bonds is 11. The van der Waals surface area contributed by atoms with Gasteiger partial charge in [-0.25, -0.2) is 4.79 Å². The van der Waals surface area contributed by atoms with Crippen LogP contribution in [0.25, 0.3) is 11.3 Å². The maximum Gasteiger partial charge on any atom is 0.420 e. The molecule has 0 fully saturated rings. The number of hydrogen-bond acceptors (Lipinski definition) is 4. The second kappa shape index (κ2) is 12.4. The molecule has 0 aliphatic carbocycles. The molecule has 0 saturated heterocycles. The van der Waals surface area contributed by atoms with E-state index >= 15 is 0 Å². The summed E-state index contributed by atoms with van der Waals surface area (Å²) in [6, 6.07) is 27.3. The van der Waals surface area contributed by atoms with Gasteiger partial charge in [0, 0.05) is 24.2 Å². The lowest BCUT2D eigenvalue weighted by Crippen LogP contribution is -2.37. The van der Waals surface area contributed by atoms with E-state index < -0.39 is 0 Å². The van der Waals surface area contributed by atoms with Gasteiger partial charge in [-0.05, 0) is 49.9 Å². The fourth-order valence-electron chi connectivity index (χ4n) is 4.59. The molecule has 1 heterocycles. The third kappa shape index (κ3) is 6.66. The van der Waals surface area contributed by atoms with E-state index in [2.05, 4.69) is 6.92 Å². The minimum absolute atomic E-state index is 0.00236. The van der Waals surface area contributed by atoms with E-state index in [1.807, 2.05) is 96.8 Å². The molecule has 1 amide bonds. The standard InChI is InChI=1S/C31H35N3O3/c1-23-14-16-27(17-15-23)30(35)33(19-9-18-32)21-24(2)20-28-29(26-12-7-4-8-13-26)37-31(36)34(28)22-25-10-5-3-6-11-25/h3-8,10-17,24H,9,18-22,32H2,1-2H3. The van der Waals surface area contributed by atoms with Crippen LogP contribution in [0.3, 0.4) is 0 Å². The first-order valence-electron chi connectivity index (χ1n) is 12.8. The first-order valence-corrected chi connectivity index (χ1v) is 12.8. The van der Waals surface area contributed by atoms with Gasteiger partial charge in [0.25, 0.3) is 5.91 Å². The predicted molar refractivity (Wildman–Crippen MR) is 148 cm³/mol. The molecule has 6 nitrogen and oxygen atoms in total. The quantitative estimate of drug-likeness (QED) is 0.311. The Morgan fingerprint density at radius 1 is 0.973 bits per heavy atom. The summed E-state index contributed by atoms with van der Waals surface area (Å²) < 4.78 is 7.54. The molecule has 0 radical (unpaired) electrons. The number of nitrogens with zero attached hydrogens (tertiary/aromatic N) is 2. The van der Waals surface area contributed by atoms with Gasteiger partial charge in [0.05, 0.1) is 12.2 Å². The lowest BCUT2D eigenvalue weighted by molar-refractivity contribution is 0.0730. The molecule has 1 atom stereocenters. The highest BCUT2D eigenvalue weighted by molar-refractivity contribution is 5.94. The van der Waals surface area contributed by atoms with Crippen molar-refractivity contribution in [3.05, 3.63) is 118 Å². The summed E-state index contributed by atoms with van der Waals surface area (Å²) in [4.78, 5) is 28.3. The Bertz CT molecular complexity index is 1340. The first kappa shape index (κ1) is 26.2. The number of aryl methyl sites for hydroxylation is 1. The summed E-state index contributed by atoms with van der Waals surface area (Å²) in [7, 11) is 0. The summed E-state index contributed by atoms with van der Waals surface area (Å²) in [5.41, 5.74) is 10.3. The van der Waals surface area contributed by atoms with Crippen molar-refractivity contribution in [1.82, 2.24) is 9.47 Å². The van der Waals surface area contributed by atoms with Crippen molar-refractivity contribution in [2.24, 2.45) is 11.7 Å². The van der Waals surface area contributed by atoms with E-state index in [0.717, 1.165) is 28.8 Å². The van der Waals surface area contributed by atoms with Gasteiger partial charge in [-0.2, -0.15) is 0 Å². The van der Waals surface area contributed by atoms with Crippen LogP contribution in [0.4, 0.5) is 0 Å². The largest absolute Gasteiger partial charge is 0.420 e. The van der Waals surface area contributed by atoms with Gasteiger partial charge in [0.1, 0.15) is 0 Å². The molecular formula is C31H35N3O3. The topological polar surface area (TPSA) is 81.5 Å². The minimum Gasteiger partial charge on any atom is -0.407 e. The average molecular weight is 498 g/mol. The Kier molecular flexibility index (Phi) is 8.75. The summed E-state index contributed by atoms with van der Waals surface area (Å²) in [6.45, 7) is 6.19. The molecule has 2 N–H and O–H groups in total. The third-order valence-corrected chi connectivity index (χ3v) is 6.51. The van der Waals surface area contributed by atoms with Crippen LogP contribution in [0.5, 0.6) is 0 Å². The zero-order valence-electron chi connectivity index (χ0n) is 21.6. The van der Waals surface area contributed by atoms with Gasteiger partial charge in [-0.3, -0.25) is 9.36 Å². The highest BCUT2D eigenvalue weighted by Crippen LogP contribution is 2.26. The molecule has 1 unspecified atom stereocenters. The van der Waals surface area contributed by atoms with Crippen LogP contribution < -0.4 is 11.5 Å². The minimum atomic E-state index is -0.374. The monoisotopic (exact) mass is 497 g/mol. The van der Waals surface area contributed by atoms with Crippen LogP contribution in [0, 0.1) is 12.8 Å². The second-order valence-electron chi connectivity index (χ2n) is 9.65. The van der Waals surface area contributed by atoms with Crippen molar-refractivity contribution in [1.29, 1.82) is 0 Å². The van der Waals surface area contributed by atoms with Crippen LogP contribution in [0.2, 0.25) is 0 Å². The van der Waals surface area contributed by atoms with Gasteiger partial charge >= 0.3 is 5.76 Å². The molecule has 192 valence electrons. The normalized spacial score (nSPS) is 11.9. The fourth-order valence-corrected chi connectivity index (χ4v) is 4.59. The summed E-state index contributed by atoms with van der Waals surface area (Å²) >= 11 is 0. The van der Waals surface area contributed by atoms with Crippen molar-refractivity contribution < 1.29 is 9.21 Å². The third-order valence-electron chi connectivity index (χ3n) is 6.51. The van der Waals surface area contributed by atoms with Crippen molar-refractivity contribution in [3.63, 3.8) is 0 Å². The molecule has 0 aliphatic heterocycles. The number of benzene rings is 3. The van der Waals surface area contributed by atoms with Crippen molar-refractivity contribution >= 4 is 5.91 Å².